The van der Waals surface area contributed by atoms with Crippen LogP contribution in [0.2, 0.25) is 0 Å². The highest BCUT2D eigenvalue weighted by Gasteiger charge is 2.40. The molecular formula is C29H30N4O2S. The van der Waals surface area contributed by atoms with Gasteiger partial charge in [0, 0.05) is 38.3 Å². The Balaban J connectivity index is 1.25. The van der Waals surface area contributed by atoms with Crippen molar-refractivity contribution in [2.75, 3.05) is 26.2 Å². The molecule has 2 aliphatic carbocycles. The molecule has 0 spiro atoms. The van der Waals surface area contributed by atoms with Gasteiger partial charge in [0.15, 0.2) is 0 Å². The average Bonchev–Trinajstić information content (AvgIpc) is 3.69. The number of amides is 2. The van der Waals surface area contributed by atoms with Crippen molar-refractivity contribution in [1.82, 2.24) is 14.8 Å². The number of nitrogens with zero attached hydrogens (tertiary/aromatic N) is 4. The first-order chi connectivity index (χ1) is 17.6. The van der Waals surface area contributed by atoms with Crippen molar-refractivity contribution < 1.29 is 9.59 Å². The maximum atomic E-state index is 13.8. The molecule has 2 saturated carbocycles. The number of thiophene rings is 1. The van der Waals surface area contributed by atoms with E-state index in [0.717, 1.165) is 59.9 Å². The molecular weight excluding hydrogens is 468 g/mol. The summed E-state index contributed by atoms with van der Waals surface area (Å²) in [6.07, 6.45) is 7.07. The SMILES string of the molecule is N#CC1(c2ccccc2)CCC(c2c(C(=O)N3CCN(C(=O)C4CC4)CC3)cnc3ccsc23)CC1. The van der Waals surface area contributed by atoms with Gasteiger partial charge in [0.2, 0.25) is 5.91 Å². The van der Waals surface area contributed by atoms with Crippen LogP contribution in [-0.4, -0.2) is 52.8 Å². The maximum absolute atomic E-state index is 13.8. The number of nitriles is 1. The first-order valence-corrected chi connectivity index (χ1v) is 13.9. The van der Waals surface area contributed by atoms with Crippen molar-refractivity contribution in [3.8, 4) is 6.07 Å². The summed E-state index contributed by atoms with van der Waals surface area (Å²) in [6.45, 7) is 2.34. The highest BCUT2D eigenvalue weighted by atomic mass is 32.1. The normalized spacial score (nSPS) is 24.5. The molecule has 1 saturated heterocycles. The van der Waals surface area contributed by atoms with Crippen molar-refractivity contribution in [2.24, 2.45) is 5.92 Å². The first-order valence-electron chi connectivity index (χ1n) is 13.0. The number of hydrogen-bond acceptors (Lipinski definition) is 5. The Kier molecular flexibility index (Phi) is 6.00. The summed E-state index contributed by atoms with van der Waals surface area (Å²) in [5.74, 6) is 0.709. The molecule has 1 aromatic carbocycles. The van der Waals surface area contributed by atoms with Crippen LogP contribution in [0.3, 0.4) is 0 Å². The van der Waals surface area contributed by atoms with Crippen LogP contribution < -0.4 is 0 Å². The van der Waals surface area contributed by atoms with Crippen LogP contribution in [0.15, 0.2) is 48.0 Å². The van der Waals surface area contributed by atoms with E-state index in [2.05, 4.69) is 23.2 Å². The van der Waals surface area contributed by atoms with Gasteiger partial charge in [-0.1, -0.05) is 30.3 Å². The fourth-order valence-corrected chi connectivity index (χ4v) is 7.00. The van der Waals surface area contributed by atoms with E-state index in [-0.39, 0.29) is 23.7 Å². The number of carbonyl (C=O) groups is 2. The minimum absolute atomic E-state index is 0.0199. The second-order valence-electron chi connectivity index (χ2n) is 10.4. The third-order valence-electron chi connectivity index (χ3n) is 8.34. The second-order valence-corrected chi connectivity index (χ2v) is 11.4. The molecule has 3 aromatic rings. The smallest absolute Gasteiger partial charge is 0.255 e. The maximum Gasteiger partial charge on any atom is 0.255 e. The fraction of sp³-hybridized carbons (Fsp3) is 0.448. The van der Waals surface area contributed by atoms with Gasteiger partial charge in [-0.3, -0.25) is 14.6 Å². The fourth-order valence-electron chi connectivity index (χ4n) is 6.02. The predicted molar refractivity (Wildman–Crippen MR) is 140 cm³/mol. The van der Waals surface area contributed by atoms with Crippen molar-refractivity contribution >= 4 is 33.4 Å². The van der Waals surface area contributed by atoms with Crippen molar-refractivity contribution in [3.05, 3.63) is 64.7 Å². The van der Waals surface area contributed by atoms with Gasteiger partial charge in [-0.05, 0) is 67.0 Å². The molecule has 6 rings (SSSR count). The molecule has 3 aliphatic rings. The summed E-state index contributed by atoms with van der Waals surface area (Å²) in [6, 6.07) is 14.8. The number of aromatic nitrogens is 1. The molecule has 2 amide bonds. The molecule has 6 nitrogen and oxygen atoms in total. The second kappa shape index (κ2) is 9.33. The van der Waals surface area contributed by atoms with Crippen LogP contribution >= 0.6 is 11.3 Å². The molecule has 3 fully saturated rings. The topological polar surface area (TPSA) is 77.3 Å². The number of piperazine rings is 1. The summed E-state index contributed by atoms with van der Waals surface area (Å²) in [7, 11) is 0. The number of rotatable bonds is 4. The number of hydrogen-bond donors (Lipinski definition) is 0. The van der Waals surface area contributed by atoms with E-state index in [9.17, 15) is 14.9 Å². The minimum Gasteiger partial charge on any atom is -0.339 e. The Hall–Kier alpha value is -3.24. The molecule has 1 aliphatic heterocycles. The van der Waals surface area contributed by atoms with Gasteiger partial charge in [0.05, 0.1) is 27.3 Å². The summed E-state index contributed by atoms with van der Waals surface area (Å²) < 4.78 is 1.09. The van der Waals surface area contributed by atoms with Gasteiger partial charge in [-0.25, -0.2) is 0 Å². The number of fused-ring (bicyclic) bond motifs is 1. The van der Waals surface area contributed by atoms with Crippen molar-refractivity contribution in [2.45, 2.75) is 49.9 Å². The van der Waals surface area contributed by atoms with E-state index < -0.39 is 5.41 Å². The van der Waals surface area contributed by atoms with E-state index in [4.69, 9.17) is 0 Å². The molecule has 0 unspecified atom stereocenters. The standard InChI is InChI=1S/C29H30N4O2S/c30-19-29(22-4-2-1-3-5-22)11-8-20(9-12-29)25-23(18-31-24-10-17-36-26(24)25)28(35)33-15-13-32(14-16-33)27(34)21-6-7-21/h1-5,10,17-18,20-21H,6-9,11-16H2. The Bertz CT molecular complexity index is 1320. The summed E-state index contributed by atoms with van der Waals surface area (Å²) in [5.41, 5.74) is 3.37. The van der Waals surface area contributed by atoms with Gasteiger partial charge in [0.1, 0.15) is 0 Å². The van der Waals surface area contributed by atoms with Gasteiger partial charge < -0.3 is 9.80 Å². The molecule has 36 heavy (non-hydrogen) atoms. The largest absolute Gasteiger partial charge is 0.339 e. The lowest BCUT2D eigenvalue weighted by Crippen LogP contribution is -2.51. The molecule has 0 N–H and O–H groups in total. The van der Waals surface area contributed by atoms with Crippen LogP contribution in [0.1, 0.15) is 65.9 Å². The zero-order valence-electron chi connectivity index (χ0n) is 20.4. The van der Waals surface area contributed by atoms with E-state index in [0.29, 0.717) is 31.7 Å². The highest BCUT2D eigenvalue weighted by Crippen LogP contribution is 2.47. The molecule has 0 atom stereocenters. The van der Waals surface area contributed by atoms with Gasteiger partial charge in [-0.2, -0.15) is 5.26 Å². The van der Waals surface area contributed by atoms with E-state index >= 15 is 0 Å². The first kappa shape index (κ1) is 23.2. The van der Waals surface area contributed by atoms with Crippen LogP contribution in [0.5, 0.6) is 0 Å². The molecule has 0 radical (unpaired) electrons. The molecule has 3 heterocycles. The Morgan fingerprint density at radius 3 is 2.33 bits per heavy atom. The van der Waals surface area contributed by atoms with Gasteiger partial charge in [0.25, 0.3) is 5.91 Å². The van der Waals surface area contributed by atoms with E-state index in [1.807, 2.05) is 39.4 Å². The number of pyridine rings is 1. The molecule has 0 bridgehead atoms. The number of benzene rings is 1. The zero-order chi connectivity index (χ0) is 24.7. The van der Waals surface area contributed by atoms with E-state index in [1.54, 1.807) is 17.5 Å². The highest BCUT2D eigenvalue weighted by molar-refractivity contribution is 7.17. The zero-order valence-corrected chi connectivity index (χ0v) is 21.2. The minimum atomic E-state index is -0.464. The molecule has 184 valence electrons. The van der Waals surface area contributed by atoms with Crippen molar-refractivity contribution in [1.29, 1.82) is 5.26 Å². The number of carbonyl (C=O) groups excluding carboxylic acids is 2. The third-order valence-corrected chi connectivity index (χ3v) is 9.27. The van der Waals surface area contributed by atoms with Crippen LogP contribution in [-0.2, 0) is 10.2 Å². The van der Waals surface area contributed by atoms with Crippen LogP contribution in [0.25, 0.3) is 10.2 Å². The van der Waals surface area contributed by atoms with Crippen molar-refractivity contribution in [3.63, 3.8) is 0 Å². The van der Waals surface area contributed by atoms with Crippen LogP contribution in [0, 0.1) is 17.2 Å². The summed E-state index contributed by atoms with van der Waals surface area (Å²) >= 11 is 1.65. The van der Waals surface area contributed by atoms with Crippen LogP contribution in [0.4, 0.5) is 0 Å². The predicted octanol–water partition coefficient (Wildman–Crippen LogP) is 5.11. The molecule has 2 aromatic heterocycles. The lowest BCUT2D eigenvalue weighted by Gasteiger charge is -2.37. The van der Waals surface area contributed by atoms with Gasteiger partial charge >= 0.3 is 0 Å². The Labute approximate surface area is 215 Å². The van der Waals surface area contributed by atoms with E-state index in [1.165, 1.54) is 0 Å². The van der Waals surface area contributed by atoms with Gasteiger partial charge in [-0.15, -0.1) is 11.3 Å². The average molecular weight is 499 g/mol. The lowest BCUT2D eigenvalue weighted by molar-refractivity contribution is -0.134. The summed E-state index contributed by atoms with van der Waals surface area (Å²) in [5, 5.41) is 12.2. The summed E-state index contributed by atoms with van der Waals surface area (Å²) in [4.78, 5) is 34.7. The third kappa shape index (κ3) is 4.08. The Morgan fingerprint density at radius 2 is 1.67 bits per heavy atom. The quantitative estimate of drug-likeness (QED) is 0.501. The lowest BCUT2D eigenvalue weighted by atomic mass is 9.66. The Morgan fingerprint density at radius 1 is 0.972 bits per heavy atom. The molecule has 7 heteroatoms. The monoisotopic (exact) mass is 498 g/mol.